The van der Waals surface area contributed by atoms with Gasteiger partial charge in [0.05, 0.1) is 44.3 Å². The number of methoxy groups -OCH3 is 1. The van der Waals surface area contributed by atoms with E-state index in [1.54, 1.807) is 29.8 Å². The van der Waals surface area contributed by atoms with Gasteiger partial charge in [0.2, 0.25) is 11.8 Å². The Hall–Kier alpha value is -3.77. The van der Waals surface area contributed by atoms with E-state index in [-0.39, 0.29) is 23.4 Å². The van der Waals surface area contributed by atoms with Crippen LogP contribution < -0.4 is 15.4 Å². The number of amides is 1. The fourth-order valence-corrected chi connectivity index (χ4v) is 5.25. The van der Waals surface area contributed by atoms with Gasteiger partial charge >= 0.3 is 0 Å². The van der Waals surface area contributed by atoms with Crippen molar-refractivity contribution in [3.05, 3.63) is 42.2 Å². The molecule has 0 spiro atoms. The topological polar surface area (TPSA) is 110 Å². The molecule has 6 heterocycles. The Morgan fingerprint density at radius 3 is 2.81 bits per heavy atom. The van der Waals surface area contributed by atoms with Crippen molar-refractivity contribution in [2.24, 2.45) is 5.92 Å². The number of rotatable bonds is 6. The van der Waals surface area contributed by atoms with E-state index >= 15 is 4.39 Å². The molecule has 4 aromatic heterocycles. The summed E-state index contributed by atoms with van der Waals surface area (Å²) in [5.41, 5.74) is 2.15. The van der Waals surface area contributed by atoms with E-state index in [4.69, 9.17) is 9.47 Å². The first kappa shape index (κ1) is 23.6. The number of carbonyl (C=O) groups excluding carboxylic acids is 1. The van der Waals surface area contributed by atoms with E-state index in [1.165, 1.54) is 24.0 Å². The van der Waals surface area contributed by atoms with Crippen LogP contribution in [0.2, 0.25) is 0 Å². The lowest BCUT2D eigenvalue weighted by Crippen LogP contribution is -2.55. The Balaban J connectivity index is 1.33. The third kappa shape index (κ3) is 4.05. The molecule has 11 nitrogen and oxygen atoms in total. The number of pyridine rings is 1. The molecular weight excluding hydrogens is 479 g/mol. The zero-order valence-corrected chi connectivity index (χ0v) is 20.9. The first-order valence-electron chi connectivity index (χ1n) is 12.4. The number of likely N-dealkylation sites (tertiary alicyclic amines) is 1. The SMILES string of the molecule is CNC(=O)c1cnc2ccc(-c3c(F)cn4nc(N[C@@H]5CCN(C6COC6)C[C@H]5C)nc(OC)c34)cn12. The molecule has 6 rings (SSSR count). The fraction of sp³-hybridized carbons (Fsp3) is 0.440. The molecule has 0 aliphatic carbocycles. The molecule has 4 aromatic rings. The summed E-state index contributed by atoms with van der Waals surface area (Å²) in [7, 11) is 3.05. The quantitative estimate of drug-likeness (QED) is 0.407. The van der Waals surface area contributed by atoms with Crippen LogP contribution in [0.5, 0.6) is 5.88 Å². The molecule has 1 amide bonds. The zero-order chi connectivity index (χ0) is 25.7. The Morgan fingerprint density at radius 2 is 2.11 bits per heavy atom. The van der Waals surface area contributed by atoms with Gasteiger partial charge < -0.3 is 20.1 Å². The number of hydrogen-bond donors (Lipinski definition) is 2. The minimum atomic E-state index is -0.477. The third-order valence-electron chi connectivity index (χ3n) is 7.39. The highest BCUT2D eigenvalue weighted by atomic mass is 19.1. The Kier molecular flexibility index (Phi) is 5.92. The monoisotopic (exact) mass is 508 g/mol. The maximum absolute atomic E-state index is 15.4. The Labute approximate surface area is 212 Å². The van der Waals surface area contributed by atoms with E-state index in [0.717, 1.165) is 32.7 Å². The van der Waals surface area contributed by atoms with Gasteiger partial charge in [0.15, 0.2) is 5.82 Å². The Bertz CT molecular complexity index is 1480. The maximum atomic E-state index is 15.4. The first-order chi connectivity index (χ1) is 18.0. The second-order valence-electron chi connectivity index (χ2n) is 9.66. The van der Waals surface area contributed by atoms with Crippen LogP contribution in [0.4, 0.5) is 10.3 Å². The summed E-state index contributed by atoms with van der Waals surface area (Å²) in [5, 5.41) is 10.6. The number of nitrogens with one attached hydrogen (secondary N) is 2. The molecule has 12 heteroatoms. The molecule has 2 N–H and O–H groups in total. The lowest BCUT2D eigenvalue weighted by Gasteiger charge is -2.44. The van der Waals surface area contributed by atoms with Crippen molar-refractivity contribution in [1.82, 2.24) is 34.2 Å². The lowest BCUT2D eigenvalue weighted by atomic mass is 9.92. The minimum absolute atomic E-state index is 0.186. The van der Waals surface area contributed by atoms with Gasteiger partial charge in [0.25, 0.3) is 5.91 Å². The molecule has 2 atom stereocenters. The van der Waals surface area contributed by atoms with Gasteiger partial charge in [-0.1, -0.05) is 6.92 Å². The number of aromatic nitrogens is 5. The van der Waals surface area contributed by atoms with Crippen LogP contribution in [0.25, 0.3) is 22.3 Å². The van der Waals surface area contributed by atoms with Crippen molar-refractivity contribution in [2.75, 3.05) is 45.8 Å². The number of anilines is 1. The summed E-state index contributed by atoms with van der Waals surface area (Å²) in [4.78, 5) is 23.6. The van der Waals surface area contributed by atoms with Crippen LogP contribution in [0.3, 0.4) is 0 Å². The average Bonchev–Trinajstić information content (AvgIpc) is 3.43. The van der Waals surface area contributed by atoms with Crippen LogP contribution in [-0.2, 0) is 4.74 Å². The molecule has 0 aromatic carbocycles. The van der Waals surface area contributed by atoms with Crippen molar-refractivity contribution in [3.63, 3.8) is 0 Å². The van der Waals surface area contributed by atoms with E-state index < -0.39 is 5.82 Å². The second-order valence-corrected chi connectivity index (χ2v) is 9.66. The molecule has 0 unspecified atom stereocenters. The van der Waals surface area contributed by atoms with Crippen molar-refractivity contribution in [2.45, 2.75) is 25.4 Å². The van der Waals surface area contributed by atoms with Gasteiger partial charge in [-0.15, -0.1) is 5.10 Å². The molecular formula is C25H29FN8O3. The van der Waals surface area contributed by atoms with E-state index in [0.29, 0.717) is 40.3 Å². The fourth-order valence-electron chi connectivity index (χ4n) is 5.25. The highest BCUT2D eigenvalue weighted by molar-refractivity contribution is 5.93. The number of piperidine rings is 1. The predicted molar refractivity (Wildman–Crippen MR) is 134 cm³/mol. The molecule has 194 valence electrons. The van der Waals surface area contributed by atoms with E-state index in [2.05, 4.69) is 37.5 Å². The van der Waals surface area contributed by atoms with Crippen molar-refractivity contribution in [1.29, 1.82) is 0 Å². The molecule has 2 fully saturated rings. The van der Waals surface area contributed by atoms with Crippen molar-refractivity contribution >= 4 is 23.0 Å². The maximum Gasteiger partial charge on any atom is 0.269 e. The predicted octanol–water partition coefficient (Wildman–Crippen LogP) is 2.07. The third-order valence-corrected chi connectivity index (χ3v) is 7.39. The summed E-state index contributed by atoms with van der Waals surface area (Å²) in [6.07, 6.45) is 5.44. The standard InChI is InChI=1S/C25H29FN8O3/c1-14-9-32(16-12-37-13-16)7-6-18(14)29-25-30-24(36-3)22-21(17(26)11-34(22)31-25)15-4-5-20-28-8-19(23(35)27-2)33(20)10-15/h4-5,8,10-11,14,16,18H,6-7,9,12-13H2,1-3H3,(H,27,35)(H,29,31)/t14-,18-/m1/s1. The number of imidazole rings is 1. The number of carbonyl (C=O) groups is 1. The summed E-state index contributed by atoms with van der Waals surface area (Å²) in [6, 6.07) is 4.19. The minimum Gasteiger partial charge on any atom is -0.479 e. The first-order valence-corrected chi connectivity index (χ1v) is 12.4. The van der Waals surface area contributed by atoms with Gasteiger partial charge in [-0.25, -0.2) is 13.9 Å². The van der Waals surface area contributed by atoms with E-state index in [1.807, 2.05) is 0 Å². The molecule has 2 aliphatic heterocycles. The van der Waals surface area contributed by atoms with E-state index in [9.17, 15) is 4.79 Å². The average molecular weight is 509 g/mol. The van der Waals surface area contributed by atoms with Crippen LogP contribution >= 0.6 is 0 Å². The van der Waals surface area contributed by atoms with Gasteiger partial charge in [-0.2, -0.15) is 4.98 Å². The number of halogens is 1. The van der Waals surface area contributed by atoms with Gasteiger partial charge in [-0.05, 0) is 24.5 Å². The molecule has 2 aliphatic rings. The molecule has 0 radical (unpaired) electrons. The molecule has 37 heavy (non-hydrogen) atoms. The number of ether oxygens (including phenoxy) is 2. The summed E-state index contributed by atoms with van der Waals surface area (Å²) >= 11 is 0. The molecule has 0 bridgehead atoms. The zero-order valence-electron chi connectivity index (χ0n) is 20.9. The normalized spacial score (nSPS) is 20.8. The highest BCUT2D eigenvalue weighted by Gasteiger charge is 2.34. The van der Waals surface area contributed by atoms with Gasteiger partial charge in [-0.3, -0.25) is 14.1 Å². The lowest BCUT2D eigenvalue weighted by molar-refractivity contribution is -0.0763. The van der Waals surface area contributed by atoms with Crippen LogP contribution in [-0.4, -0.2) is 87.3 Å². The summed E-state index contributed by atoms with van der Waals surface area (Å²) in [5.74, 6) is 0.258. The van der Waals surface area contributed by atoms with Crippen LogP contribution in [0, 0.1) is 11.7 Å². The molecule has 2 saturated heterocycles. The van der Waals surface area contributed by atoms with Crippen LogP contribution in [0.15, 0.2) is 30.7 Å². The van der Waals surface area contributed by atoms with Crippen molar-refractivity contribution in [3.8, 4) is 17.0 Å². The van der Waals surface area contributed by atoms with Gasteiger partial charge in [0.1, 0.15) is 16.9 Å². The smallest absolute Gasteiger partial charge is 0.269 e. The number of nitrogens with zero attached hydrogens (tertiary/aromatic N) is 6. The summed E-state index contributed by atoms with van der Waals surface area (Å²) in [6.45, 7) is 5.79. The second kappa shape index (κ2) is 9.27. The Morgan fingerprint density at radius 1 is 1.27 bits per heavy atom. The number of hydrogen-bond acceptors (Lipinski definition) is 8. The van der Waals surface area contributed by atoms with Crippen LogP contribution in [0.1, 0.15) is 23.8 Å². The largest absolute Gasteiger partial charge is 0.479 e. The summed E-state index contributed by atoms with van der Waals surface area (Å²) < 4.78 is 29.4. The highest BCUT2D eigenvalue weighted by Crippen LogP contribution is 2.35. The van der Waals surface area contributed by atoms with Gasteiger partial charge in [0, 0.05) is 37.9 Å². The number of fused-ring (bicyclic) bond motifs is 2. The molecule has 0 saturated carbocycles. The van der Waals surface area contributed by atoms with Crippen molar-refractivity contribution < 1.29 is 18.7 Å².